The molecule has 0 aliphatic heterocycles. The Balaban J connectivity index is 2.33. The molecule has 0 saturated carbocycles. The molecule has 0 N–H and O–H groups in total. The standard InChI is InChI=1S/C11H10F4N4/c1-6-2-3-16-9(17-6)5-19-8(11(14)15)4-7(18-19)10(12)13/h2-4,10-11H,5H2,1H3. The summed E-state index contributed by atoms with van der Waals surface area (Å²) in [7, 11) is 0. The first kappa shape index (κ1) is 13.4. The Labute approximate surface area is 106 Å². The van der Waals surface area contributed by atoms with Gasteiger partial charge in [-0.05, 0) is 19.1 Å². The summed E-state index contributed by atoms with van der Waals surface area (Å²) in [5.74, 6) is 0.241. The lowest BCUT2D eigenvalue weighted by molar-refractivity contribution is 0.139. The second-order valence-corrected chi connectivity index (χ2v) is 3.87. The number of hydrogen-bond acceptors (Lipinski definition) is 3. The van der Waals surface area contributed by atoms with E-state index in [1.165, 1.54) is 6.20 Å². The molecule has 0 fully saturated rings. The molecule has 102 valence electrons. The third-order valence-corrected chi connectivity index (χ3v) is 2.41. The highest BCUT2D eigenvalue weighted by atomic mass is 19.3. The molecule has 2 heterocycles. The van der Waals surface area contributed by atoms with Crippen LogP contribution in [0.25, 0.3) is 0 Å². The summed E-state index contributed by atoms with van der Waals surface area (Å²) in [6, 6.07) is 2.34. The summed E-state index contributed by atoms with van der Waals surface area (Å²) in [6.45, 7) is 1.54. The van der Waals surface area contributed by atoms with E-state index in [2.05, 4.69) is 15.1 Å². The molecule has 0 saturated heterocycles. The highest BCUT2D eigenvalue weighted by Crippen LogP contribution is 2.25. The fourth-order valence-corrected chi connectivity index (χ4v) is 1.57. The molecule has 0 amide bonds. The molecule has 0 atom stereocenters. The summed E-state index contributed by atoms with van der Waals surface area (Å²) < 4.78 is 51.2. The Morgan fingerprint density at radius 2 is 1.95 bits per heavy atom. The van der Waals surface area contributed by atoms with E-state index in [4.69, 9.17) is 0 Å². The Morgan fingerprint density at radius 3 is 2.53 bits per heavy atom. The van der Waals surface area contributed by atoms with Crippen LogP contribution < -0.4 is 0 Å². The van der Waals surface area contributed by atoms with Gasteiger partial charge >= 0.3 is 0 Å². The van der Waals surface area contributed by atoms with E-state index in [1.54, 1.807) is 13.0 Å². The fraction of sp³-hybridized carbons (Fsp3) is 0.364. The van der Waals surface area contributed by atoms with Crippen molar-refractivity contribution >= 4 is 0 Å². The number of rotatable bonds is 4. The van der Waals surface area contributed by atoms with E-state index in [0.29, 0.717) is 11.8 Å². The van der Waals surface area contributed by atoms with Crippen molar-refractivity contribution in [2.75, 3.05) is 0 Å². The van der Waals surface area contributed by atoms with Gasteiger partial charge in [0.1, 0.15) is 23.8 Å². The zero-order valence-corrected chi connectivity index (χ0v) is 9.89. The normalized spacial score (nSPS) is 11.5. The van der Waals surface area contributed by atoms with Crippen LogP contribution in [0, 0.1) is 6.92 Å². The third kappa shape index (κ3) is 3.07. The van der Waals surface area contributed by atoms with Gasteiger partial charge < -0.3 is 0 Å². The molecule has 19 heavy (non-hydrogen) atoms. The van der Waals surface area contributed by atoms with Gasteiger partial charge in [0, 0.05) is 11.9 Å². The van der Waals surface area contributed by atoms with Crippen molar-refractivity contribution in [1.29, 1.82) is 0 Å². The summed E-state index contributed by atoms with van der Waals surface area (Å²) in [5, 5.41) is 3.46. The van der Waals surface area contributed by atoms with Gasteiger partial charge in [0.2, 0.25) is 0 Å². The lowest BCUT2D eigenvalue weighted by atomic mass is 10.3. The van der Waals surface area contributed by atoms with Crippen LogP contribution in [0.2, 0.25) is 0 Å². The maximum absolute atomic E-state index is 12.7. The molecular formula is C11H10F4N4. The zero-order chi connectivity index (χ0) is 14.0. The number of nitrogens with zero attached hydrogens (tertiary/aromatic N) is 4. The molecule has 2 rings (SSSR count). The van der Waals surface area contributed by atoms with Crippen molar-refractivity contribution < 1.29 is 17.6 Å². The van der Waals surface area contributed by atoms with Crippen LogP contribution in [0.3, 0.4) is 0 Å². The van der Waals surface area contributed by atoms with E-state index in [1.807, 2.05) is 0 Å². The molecule has 2 aromatic heterocycles. The Kier molecular flexibility index (Phi) is 3.77. The van der Waals surface area contributed by atoms with Gasteiger partial charge in [-0.1, -0.05) is 0 Å². The van der Waals surface area contributed by atoms with E-state index in [9.17, 15) is 17.6 Å². The molecular weight excluding hydrogens is 264 g/mol. The van der Waals surface area contributed by atoms with Crippen LogP contribution in [0.5, 0.6) is 0 Å². The SMILES string of the molecule is Cc1ccnc(Cn2nc(C(F)F)cc2C(F)F)n1. The first-order chi connectivity index (χ1) is 8.97. The lowest BCUT2D eigenvalue weighted by Crippen LogP contribution is -2.10. The average molecular weight is 274 g/mol. The van der Waals surface area contributed by atoms with Gasteiger partial charge in [-0.25, -0.2) is 27.5 Å². The lowest BCUT2D eigenvalue weighted by Gasteiger charge is -2.05. The van der Waals surface area contributed by atoms with Crippen molar-refractivity contribution in [3.63, 3.8) is 0 Å². The van der Waals surface area contributed by atoms with Crippen LogP contribution in [-0.4, -0.2) is 19.7 Å². The van der Waals surface area contributed by atoms with Gasteiger partial charge in [-0.3, -0.25) is 4.68 Å². The smallest absolute Gasteiger partial charge is 0.256 e. The molecule has 0 spiro atoms. The average Bonchev–Trinajstić information content (AvgIpc) is 2.73. The van der Waals surface area contributed by atoms with Crippen LogP contribution in [0.1, 0.15) is 35.8 Å². The van der Waals surface area contributed by atoms with E-state index in [0.717, 1.165) is 4.68 Å². The minimum atomic E-state index is -2.89. The fourth-order valence-electron chi connectivity index (χ4n) is 1.57. The van der Waals surface area contributed by atoms with Gasteiger partial charge in [0.25, 0.3) is 12.9 Å². The molecule has 0 aromatic carbocycles. The second kappa shape index (κ2) is 5.33. The first-order valence-electron chi connectivity index (χ1n) is 5.40. The molecule has 4 nitrogen and oxygen atoms in total. The van der Waals surface area contributed by atoms with Crippen molar-refractivity contribution in [1.82, 2.24) is 19.7 Å². The molecule has 2 aromatic rings. The van der Waals surface area contributed by atoms with Crippen LogP contribution in [0.4, 0.5) is 17.6 Å². The van der Waals surface area contributed by atoms with Gasteiger partial charge in [0.15, 0.2) is 0 Å². The van der Waals surface area contributed by atoms with Gasteiger partial charge in [-0.15, -0.1) is 0 Å². The number of halogens is 4. The zero-order valence-electron chi connectivity index (χ0n) is 9.89. The van der Waals surface area contributed by atoms with Crippen LogP contribution in [0.15, 0.2) is 18.3 Å². The predicted octanol–water partition coefficient (Wildman–Crippen LogP) is 2.91. The third-order valence-electron chi connectivity index (χ3n) is 2.41. The largest absolute Gasteiger partial charge is 0.282 e. The quantitative estimate of drug-likeness (QED) is 0.805. The monoisotopic (exact) mass is 274 g/mol. The van der Waals surface area contributed by atoms with E-state index < -0.39 is 24.2 Å². The molecule has 8 heteroatoms. The van der Waals surface area contributed by atoms with Crippen molar-refractivity contribution in [3.05, 3.63) is 41.2 Å². The maximum atomic E-state index is 12.7. The van der Waals surface area contributed by atoms with Crippen molar-refractivity contribution in [3.8, 4) is 0 Å². The number of alkyl halides is 4. The summed E-state index contributed by atoms with van der Waals surface area (Å²) in [4.78, 5) is 7.90. The van der Waals surface area contributed by atoms with Crippen LogP contribution in [-0.2, 0) is 6.54 Å². The summed E-state index contributed by atoms with van der Waals surface area (Å²) in [6.07, 6.45) is -4.31. The highest BCUT2D eigenvalue weighted by Gasteiger charge is 2.21. The minimum Gasteiger partial charge on any atom is -0.256 e. The first-order valence-corrected chi connectivity index (χ1v) is 5.40. The number of aryl methyl sites for hydroxylation is 1. The second-order valence-electron chi connectivity index (χ2n) is 3.87. The Bertz CT molecular complexity index is 568. The van der Waals surface area contributed by atoms with Crippen molar-refractivity contribution in [2.45, 2.75) is 26.3 Å². The molecule has 0 radical (unpaired) electrons. The van der Waals surface area contributed by atoms with Gasteiger partial charge in [-0.2, -0.15) is 5.10 Å². The van der Waals surface area contributed by atoms with E-state index in [-0.39, 0.29) is 12.4 Å². The van der Waals surface area contributed by atoms with Crippen LogP contribution >= 0.6 is 0 Å². The van der Waals surface area contributed by atoms with Crippen molar-refractivity contribution in [2.24, 2.45) is 0 Å². The highest BCUT2D eigenvalue weighted by molar-refractivity contribution is 5.14. The molecule has 0 unspecified atom stereocenters. The molecule has 0 aliphatic rings. The van der Waals surface area contributed by atoms with Gasteiger partial charge in [0.05, 0.1) is 0 Å². The molecule has 0 bridgehead atoms. The molecule has 0 aliphatic carbocycles. The summed E-state index contributed by atoms with van der Waals surface area (Å²) >= 11 is 0. The topological polar surface area (TPSA) is 43.6 Å². The minimum absolute atomic E-state index is 0.173. The number of aromatic nitrogens is 4. The Hall–Kier alpha value is -1.99. The summed E-state index contributed by atoms with van der Waals surface area (Å²) in [5.41, 5.74) is -0.590. The number of hydrogen-bond donors (Lipinski definition) is 0. The van der Waals surface area contributed by atoms with E-state index >= 15 is 0 Å². The predicted molar refractivity (Wildman–Crippen MR) is 58.0 cm³/mol. The Morgan fingerprint density at radius 1 is 1.21 bits per heavy atom. The maximum Gasteiger partial charge on any atom is 0.282 e.